The van der Waals surface area contributed by atoms with Crippen LogP contribution in [0.25, 0.3) is 0 Å². The van der Waals surface area contributed by atoms with Gasteiger partial charge in [-0.15, -0.1) is 0 Å². The van der Waals surface area contributed by atoms with Gasteiger partial charge in [-0.1, -0.05) is 6.92 Å². The van der Waals surface area contributed by atoms with E-state index in [0.29, 0.717) is 35.7 Å². The number of carbonyl (C=O) groups excluding carboxylic acids is 2. The second-order valence-corrected chi connectivity index (χ2v) is 9.19. The molecule has 1 aliphatic rings. The fraction of sp³-hybridized carbons (Fsp3) is 0.560. The maximum absolute atomic E-state index is 13.6. The van der Waals surface area contributed by atoms with E-state index in [1.54, 1.807) is 14.0 Å². The van der Waals surface area contributed by atoms with Crippen LogP contribution in [0.5, 0.6) is 5.75 Å². The molecule has 1 saturated carbocycles. The zero-order valence-corrected chi connectivity index (χ0v) is 22.3. The second kappa shape index (κ2) is 14.3. The molecule has 1 fully saturated rings. The van der Waals surface area contributed by atoms with E-state index in [9.17, 15) is 41.8 Å². The van der Waals surface area contributed by atoms with Crippen molar-refractivity contribution in [1.82, 2.24) is 20.5 Å². The highest BCUT2D eigenvalue weighted by Gasteiger charge is 2.34. The van der Waals surface area contributed by atoms with Crippen molar-refractivity contribution in [1.29, 1.82) is 0 Å². The lowest BCUT2D eigenvalue weighted by Gasteiger charge is -2.38. The van der Waals surface area contributed by atoms with E-state index in [0.717, 1.165) is 12.5 Å². The molecule has 0 bridgehead atoms. The number of allylic oxidation sites excluding steroid dienone is 1. The van der Waals surface area contributed by atoms with E-state index in [1.807, 2.05) is 0 Å². The van der Waals surface area contributed by atoms with Gasteiger partial charge in [-0.2, -0.15) is 18.3 Å². The third-order valence-electron chi connectivity index (χ3n) is 6.39. The van der Waals surface area contributed by atoms with E-state index in [2.05, 4.69) is 27.8 Å². The summed E-state index contributed by atoms with van der Waals surface area (Å²) >= 11 is 0. The molecule has 0 spiro atoms. The Morgan fingerprint density at radius 3 is 2.38 bits per heavy atom. The zero-order valence-electron chi connectivity index (χ0n) is 22.3. The number of hydrazone groups is 1. The maximum Gasteiger partial charge on any atom is 0.416 e. The first kappa shape index (κ1) is 32.8. The zero-order chi connectivity index (χ0) is 30.1. The number of hydrogen-bond acceptors (Lipinski definition) is 8. The van der Waals surface area contributed by atoms with Crippen molar-refractivity contribution in [3.05, 3.63) is 35.2 Å². The Morgan fingerprint density at radius 1 is 1.23 bits per heavy atom. The number of aliphatic hydroxyl groups is 1. The SMILES string of the molecule is C=NN(CC(=O)Nc1ccc(C(F)(F)F)cc1O)C(=O)/C(=C(/CC)NC)N(CCNC1(O)CCC1)CCC(F)F. The van der Waals surface area contributed by atoms with Gasteiger partial charge in [0, 0.05) is 45.5 Å². The first-order valence-electron chi connectivity index (χ1n) is 12.6. The molecule has 40 heavy (non-hydrogen) atoms. The number of alkyl halides is 5. The number of carbonyl (C=O) groups is 2. The molecule has 224 valence electrons. The Hall–Kier alpha value is -3.46. The minimum absolute atomic E-state index is 0.0365. The molecule has 1 aromatic rings. The van der Waals surface area contributed by atoms with Gasteiger partial charge in [-0.05, 0) is 43.9 Å². The number of nitrogens with zero attached hydrogens (tertiary/aromatic N) is 3. The Morgan fingerprint density at radius 2 is 1.90 bits per heavy atom. The molecule has 5 N–H and O–H groups in total. The summed E-state index contributed by atoms with van der Waals surface area (Å²) in [5.74, 6) is -2.59. The van der Waals surface area contributed by atoms with Crippen molar-refractivity contribution in [2.75, 3.05) is 38.5 Å². The van der Waals surface area contributed by atoms with Gasteiger partial charge in [0.15, 0.2) is 0 Å². The molecule has 0 saturated heterocycles. The van der Waals surface area contributed by atoms with Crippen molar-refractivity contribution in [2.45, 2.75) is 57.4 Å². The van der Waals surface area contributed by atoms with Crippen LogP contribution in [0.3, 0.4) is 0 Å². The number of anilines is 1. The number of phenolic OH excluding ortho intramolecular Hbond substituents is 1. The van der Waals surface area contributed by atoms with E-state index in [4.69, 9.17) is 0 Å². The summed E-state index contributed by atoms with van der Waals surface area (Å²) in [6, 6.07) is 1.97. The summed E-state index contributed by atoms with van der Waals surface area (Å²) in [6.07, 6.45) is -5.70. The normalized spacial score (nSPS) is 15.1. The summed E-state index contributed by atoms with van der Waals surface area (Å²) in [7, 11) is 1.54. The van der Waals surface area contributed by atoms with Crippen LogP contribution in [0.2, 0.25) is 0 Å². The molecule has 0 aromatic heterocycles. The smallest absolute Gasteiger partial charge is 0.416 e. The van der Waals surface area contributed by atoms with E-state index >= 15 is 0 Å². The van der Waals surface area contributed by atoms with Crippen molar-refractivity contribution in [3.8, 4) is 5.75 Å². The van der Waals surface area contributed by atoms with Gasteiger partial charge in [-0.3, -0.25) is 14.9 Å². The topological polar surface area (TPSA) is 130 Å². The summed E-state index contributed by atoms with van der Waals surface area (Å²) in [5, 5.41) is 32.6. The lowest BCUT2D eigenvalue weighted by molar-refractivity contribution is -0.137. The predicted molar refractivity (Wildman–Crippen MR) is 138 cm³/mol. The first-order chi connectivity index (χ1) is 18.7. The van der Waals surface area contributed by atoms with E-state index < -0.39 is 54.4 Å². The van der Waals surface area contributed by atoms with Crippen LogP contribution >= 0.6 is 0 Å². The van der Waals surface area contributed by atoms with E-state index in [-0.39, 0.29) is 37.4 Å². The Balaban J connectivity index is 2.25. The number of hydrogen-bond donors (Lipinski definition) is 5. The minimum atomic E-state index is -4.70. The lowest BCUT2D eigenvalue weighted by atomic mass is 9.88. The van der Waals surface area contributed by atoms with Crippen LogP contribution < -0.4 is 16.0 Å². The predicted octanol–water partition coefficient (Wildman–Crippen LogP) is 3.05. The molecule has 2 amide bonds. The Labute approximate surface area is 228 Å². The quantitative estimate of drug-likeness (QED) is 0.0540. The van der Waals surface area contributed by atoms with Gasteiger partial charge >= 0.3 is 6.18 Å². The highest BCUT2D eigenvalue weighted by Crippen LogP contribution is 2.34. The lowest BCUT2D eigenvalue weighted by Crippen LogP contribution is -2.53. The van der Waals surface area contributed by atoms with Gasteiger partial charge in [0.05, 0.1) is 11.3 Å². The highest BCUT2D eigenvalue weighted by atomic mass is 19.4. The molecular formula is C25H35F5N6O4. The van der Waals surface area contributed by atoms with Crippen molar-refractivity contribution in [2.24, 2.45) is 5.10 Å². The number of aromatic hydroxyl groups is 1. The van der Waals surface area contributed by atoms with Gasteiger partial charge in [0.2, 0.25) is 12.3 Å². The third-order valence-corrected chi connectivity index (χ3v) is 6.39. The monoisotopic (exact) mass is 578 g/mol. The van der Waals surface area contributed by atoms with Crippen LogP contribution in [0, 0.1) is 0 Å². The molecule has 0 unspecified atom stereocenters. The molecule has 10 nitrogen and oxygen atoms in total. The van der Waals surface area contributed by atoms with Gasteiger partial charge < -0.3 is 25.7 Å². The van der Waals surface area contributed by atoms with Gasteiger partial charge in [-0.25, -0.2) is 13.8 Å². The molecule has 1 aromatic carbocycles. The number of phenols is 1. The van der Waals surface area contributed by atoms with Crippen LogP contribution in [0.4, 0.5) is 27.6 Å². The summed E-state index contributed by atoms with van der Waals surface area (Å²) in [6.45, 7) is 4.32. The molecule has 0 aliphatic heterocycles. The summed E-state index contributed by atoms with van der Waals surface area (Å²) in [5.41, 5.74) is -2.16. The third kappa shape index (κ3) is 9.05. The Bertz CT molecular complexity index is 1070. The molecule has 2 rings (SSSR count). The second-order valence-electron chi connectivity index (χ2n) is 9.19. The van der Waals surface area contributed by atoms with Crippen molar-refractivity contribution in [3.63, 3.8) is 0 Å². The molecule has 1 aliphatic carbocycles. The number of benzene rings is 1. The van der Waals surface area contributed by atoms with Crippen molar-refractivity contribution >= 4 is 24.2 Å². The fourth-order valence-electron chi connectivity index (χ4n) is 4.07. The average molecular weight is 579 g/mol. The number of amides is 2. The minimum Gasteiger partial charge on any atom is -0.506 e. The largest absolute Gasteiger partial charge is 0.506 e. The molecule has 0 heterocycles. The number of nitrogens with one attached hydrogen (secondary N) is 3. The maximum atomic E-state index is 13.6. The molecule has 15 heteroatoms. The highest BCUT2D eigenvalue weighted by molar-refractivity contribution is 5.99. The number of halogens is 5. The fourth-order valence-corrected chi connectivity index (χ4v) is 4.07. The Kier molecular flexibility index (Phi) is 11.7. The van der Waals surface area contributed by atoms with Crippen LogP contribution in [-0.4, -0.2) is 84.0 Å². The summed E-state index contributed by atoms with van der Waals surface area (Å²) < 4.78 is 64.9. The van der Waals surface area contributed by atoms with E-state index in [1.165, 1.54) is 4.90 Å². The average Bonchev–Trinajstić information content (AvgIpc) is 2.87. The van der Waals surface area contributed by atoms with Crippen LogP contribution in [0.15, 0.2) is 34.7 Å². The first-order valence-corrected chi connectivity index (χ1v) is 12.6. The molecule has 0 atom stereocenters. The molecule has 0 radical (unpaired) electrons. The standard InChI is InChI=1S/C25H35F5N6O4/c1-4-17(31-2)22(35(12-8-20(26)27)13-11-33-24(40)9-5-10-24)23(39)36(32-3)15-21(38)34-18-7-6-16(14-19(18)37)25(28,29)30/h6-7,14,20,31,33,37,40H,3-5,8-13,15H2,1-2H3,(H,34,38)/b22-17+. The summed E-state index contributed by atoms with van der Waals surface area (Å²) in [4.78, 5) is 27.7. The number of rotatable bonds is 15. The van der Waals surface area contributed by atoms with Gasteiger partial charge in [0.1, 0.15) is 23.7 Å². The molecular weight excluding hydrogens is 543 g/mol. The van der Waals surface area contributed by atoms with Crippen LogP contribution in [0.1, 0.15) is 44.6 Å². The van der Waals surface area contributed by atoms with Crippen LogP contribution in [-0.2, 0) is 15.8 Å². The van der Waals surface area contributed by atoms with Crippen molar-refractivity contribution < 1.29 is 41.8 Å². The van der Waals surface area contributed by atoms with Gasteiger partial charge in [0.25, 0.3) is 5.91 Å².